The first-order chi connectivity index (χ1) is 8.46. The minimum atomic E-state index is -0.510. The molecule has 2 atom stereocenters. The van der Waals surface area contributed by atoms with Crippen molar-refractivity contribution in [3.8, 4) is 5.75 Å². The lowest BCUT2D eigenvalue weighted by molar-refractivity contribution is -0.141. The first-order valence-corrected chi connectivity index (χ1v) is 6.19. The summed E-state index contributed by atoms with van der Waals surface area (Å²) in [6.07, 6.45) is -0.483. The maximum absolute atomic E-state index is 9.40. The maximum Gasteiger partial charge on any atom is 0.163 e. The van der Waals surface area contributed by atoms with E-state index < -0.39 is 11.9 Å². The van der Waals surface area contributed by atoms with Gasteiger partial charge in [0.2, 0.25) is 0 Å². The Kier molecular flexibility index (Phi) is 3.90. The highest BCUT2D eigenvalue weighted by molar-refractivity contribution is 5.28. The van der Waals surface area contributed by atoms with E-state index in [0.717, 1.165) is 11.3 Å². The molecule has 0 saturated carbocycles. The highest BCUT2D eigenvalue weighted by atomic mass is 16.7. The van der Waals surface area contributed by atoms with Crippen LogP contribution in [0.4, 0.5) is 0 Å². The molecule has 0 aromatic heterocycles. The largest absolute Gasteiger partial charge is 0.491 e. The van der Waals surface area contributed by atoms with Crippen molar-refractivity contribution in [1.82, 2.24) is 0 Å². The van der Waals surface area contributed by atoms with Crippen LogP contribution in [0, 0.1) is 0 Å². The van der Waals surface area contributed by atoms with Crippen LogP contribution >= 0.6 is 0 Å². The van der Waals surface area contributed by atoms with E-state index >= 15 is 0 Å². The fourth-order valence-corrected chi connectivity index (χ4v) is 1.88. The molecule has 0 spiro atoms. The van der Waals surface area contributed by atoms with Gasteiger partial charge in [0.1, 0.15) is 18.5 Å². The molecule has 1 unspecified atom stereocenters. The Morgan fingerprint density at radius 1 is 1.39 bits per heavy atom. The summed E-state index contributed by atoms with van der Waals surface area (Å²) in [6.45, 7) is 6.55. The summed E-state index contributed by atoms with van der Waals surface area (Å²) in [7, 11) is 0. The second kappa shape index (κ2) is 5.26. The van der Waals surface area contributed by atoms with Crippen LogP contribution in [0.15, 0.2) is 24.3 Å². The quantitative estimate of drug-likeness (QED) is 0.893. The number of aliphatic hydroxyl groups excluding tert-OH is 1. The minimum absolute atomic E-state index is 0.0311. The summed E-state index contributed by atoms with van der Waals surface area (Å²) in [4.78, 5) is 0. The molecule has 1 aliphatic rings. The lowest BCUT2D eigenvalue weighted by Gasteiger charge is -2.17. The van der Waals surface area contributed by atoms with E-state index in [9.17, 15) is 5.11 Å². The van der Waals surface area contributed by atoms with Gasteiger partial charge in [0.15, 0.2) is 5.79 Å². The Labute approximate surface area is 107 Å². The van der Waals surface area contributed by atoms with Crippen molar-refractivity contribution in [3.63, 3.8) is 0 Å². The van der Waals surface area contributed by atoms with Gasteiger partial charge < -0.3 is 19.3 Å². The topological polar surface area (TPSA) is 47.9 Å². The van der Waals surface area contributed by atoms with E-state index in [1.165, 1.54) is 0 Å². The standard InChI is InChI=1S/C14H20O4/c1-10(15)11-4-6-12(7-5-11)16-8-13-9-17-14(2,3)18-13/h4-7,10,13,15H,8-9H2,1-3H3/t10?,13-/m0/s1. The van der Waals surface area contributed by atoms with Crippen LogP contribution in [0.2, 0.25) is 0 Å². The molecule has 2 rings (SSSR count). The summed E-state index contributed by atoms with van der Waals surface area (Å²) in [5.41, 5.74) is 0.879. The van der Waals surface area contributed by atoms with Gasteiger partial charge in [-0.1, -0.05) is 12.1 Å². The van der Waals surface area contributed by atoms with Crippen LogP contribution in [-0.4, -0.2) is 30.2 Å². The highest BCUT2D eigenvalue weighted by Crippen LogP contribution is 2.23. The van der Waals surface area contributed by atoms with Crippen molar-refractivity contribution in [2.75, 3.05) is 13.2 Å². The number of ether oxygens (including phenoxy) is 3. The Morgan fingerprint density at radius 2 is 2.06 bits per heavy atom. The van der Waals surface area contributed by atoms with Gasteiger partial charge in [0, 0.05) is 0 Å². The van der Waals surface area contributed by atoms with E-state index in [1.807, 2.05) is 38.1 Å². The summed E-state index contributed by atoms with van der Waals surface area (Å²) >= 11 is 0. The van der Waals surface area contributed by atoms with Gasteiger partial charge in [-0.25, -0.2) is 0 Å². The third kappa shape index (κ3) is 3.45. The predicted molar refractivity (Wildman–Crippen MR) is 67.5 cm³/mol. The molecule has 100 valence electrons. The van der Waals surface area contributed by atoms with Crippen molar-refractivity contribution in [2.45, 2.75) is 38.8 Å². The fourth-order valence-electron chi connectivity index (χ4n) is 1.88. The van der Waals surface area contributed by atoms with Gasteiger partial charge in [0.05, 0.1) is 12.7 Å². The molecule has 0 amide bonds. The Morgan fingerprint density at radius 3 is 2.56 bits per heavy atom. The maximum atomic E-state index is 9.40. The zero-order chi connectivity index (χ0) is 13.2. The molecule has 1 N–H and O–H groups in total. The predicted octanol–water partition coefficient (Wildman–Crippen LogP) is 2.27. The zero-order valence-electron chi connectivity index (χ0n) is 11.1. The summed E-state index contributed by atoms with van der Waals surface area (Å²) in [5, 5.41) is 9.40. The molecule has 1 aromatic rings. The lowest BCUT2D eigenvalue weighted by Crippen LogP contribution is -2.25. The number of hydrogen-bond donors (Lipinski definition) is 1. The summed E-state index contributed by atoms with van der Waals surface area (Å²) in [5.74, 6) is 0.261. The molecule has 0 aliphatic carbocycles. The van der Waals surface area contributed by atoms with Crippen molar-refractivity contribution in [1.29, 1.82) is 0 Å². The summed E-state index contributed by atoms with van der Waals surface area (Å²) < 4.78 is 16.7. The zero-order valence-corrected chi connectivity index (χ0v) is 11.1. The third-order valence-electron chi connectivity index (χ3n) is 2.87. The molecule has 1 saturated heterocycles. The fraction of sp³-hybridized carbons (Fsp3) is 0.571. The van der Waals surface area contributed by atoms with E-state index in [2.05, 4.69) is 0 Å². The van der Waals surface area contributed by atoms with Crippen LogP contribution in [0.1, 0.15) is 32.4 Å². The van der Waals surface area contributed by atoms with Crippen molar-refractivity contribution < 1.29 is 19.3 Å². The average Bonchev–Trinajstić information content (AvgIpc) is 2.67. The molecule has 0 bridgehead atoms. The molecule has 1 heterocycles. The van der Waals surface area contributed by atoms with Crippen LogP contribution in [-0.2, 0) is 9.47 Å². The smallest absolute Gasteiger partial charge is 0.163 e. The molecular formula is C14H20O4. The molecule has 1 aromatic carbocycles. The van der Waals surface area contributed by atoms with Crippen molar-refractivity contribution in [2.24, 2.45) is 0 Å². The van der Waals surface area contributed by atoms with Crippen LogP contribution in [0.3, 0.4) is 0 Å². The molecule has 0 radical (unpaired) electrons. The summed E-state index contributed by atoms with van der Waals surface area (Å²) in [6, 6.07) is 7.41. The first-order valence-electron chi connectivity index (χ1n) is 6.19. The van der Waals surface area contributed by atoms with Gasteiger partial charge >= 0.3 is 0 Å². The minimum Gasteiger partial charge on any atom is -0.491 e. The Hall–Kier alpha value is -1.10. The second-order valence-corrected chi connectivity index (χ2v) is 5.01. The first kappa shape index (κ1) is 13.3. The average molecular weight is 252 g/mol. The van der Waals surface area contributed by atoms with Crippen LogP contribution < -0.4 is 4.74 Å². The molecular weight excluding hydrogens is 232 g/mol. The van der Waals surface area contributed by atoms with Gasteiger partial charge in [-0.2, -0.15) is 0 Å². The molecule has 4 heteroatoms. The lowest BCUT2D eigenvalue weighted by atomic mass is 10.1. The number of hydrogen-bond acceptors (Lipinski definition) is 4. The van der Waals surface area contributed by atoms with Gasteiger partial charge in [-0.3, -0.25) is 0 Å². The molecule has 18 heavy (non-hydrogen) atoms. The van der Waals surface area contributed by atoms with Crippen molar-refractivity contribution >= 4 is 0 Å². The van der Waals surface area contributed by atoms with Gasteiger partial charge in [0.25, 0.3) is 0 Å². The highest BCUT2D eigenvalue weighted by Gasteiger charge is 2.32. The van der Waals surface area contributed by atoms with Gasteiger partial charge in [-0.15, -0.1) is 0 Å². The number of rotatable bonds is 4. The Balaban J connectivity index is 1.84. The van der Waals surface area contributed by atoms with Gasteiger partial charge in [-0.05, 0) is 38.5 Å². The van der Waals surface area contributed by atoms with E-state index in [1.54, 1.807) is 6.92 Å². The monoisotopic (exact) mass is 252 g/mol. The Bertz CT molecular complexity index is 383. The van der Waals surface area contributed by atoms with E-state index in [4.69, 9.17) is 14.2 Å². The van der Waals surface area contributed by atoms with Crippen molar-refractivity contribution in [3.05, 3.63) is 29.8 Å². The molecule has 1 aliphatic heterocycles. The second-order valence-electron chi connectivity index (χ2n) is 5.01. The van der Waals surface area contributed by atoms with Crippen LogP contribution in [0.5, 0.6) is 5.75 Å². The molecule has 1 fully saturated rings. The normalized spacial score (nSPS) is 23.9. The number of aliphatic hydroxyl groups is 1. The van der Waals surface area contributed by atoms with E-state index in [-0.39, 0.29) is 6.10 Å². The third-order valence-corrected chi connectivity index (χ3v) is 2.87. The molecule has 4 nitrogen and oxygen atoms in total. The number of benzene rings is 1. The SMILES string of the molecule is CC(O)c1ccc(OC[C@H]2COC(C)(C)O2)cc1. The van der Waals surface area contributed by atoms with Crippen LogP contribution in [0.25, 0.3) is 0 Å². The van der Waals surface area contributed by atoms with E-state index in [0.29, 0.717) is 13.2 Å².